The first kappa shape index (κ1) is 14.8. The minimum Gasteiger partial charge on any atom is -0.456 e. The molecule has 0 radical (unpaired) electrons. The SMILES string of the molecule is O=C1OCc2c1nc1ccc(-c3ccccc3)cc1c2-c1ccccc1. The third-order valence-corrected chi connectivity index (χ3v) is 4.80. The van der Waals surface area contributed by atoms with Crippen LogP contribution >= 0.6 is 0 Å². The van der Waals surface area contributed by atoms with E-state index in [1.54, 1.807) is 0 Å². The Morgan fingerprint density at radius 2 is 1.46 bits per heavy atom. The number of fused-ring (bicyclic) bond motifs is 2. The second-order valence-electron chi connectivity index (χ2n) is 6.35. The number of aromatic nitrogens is 1. The van der Waals surface area contributed by atoms with Gasteiger partial charge in [0, 0.05) is 16.5 Å². The van der Waals surface area contributed by atoms with Gasteiger partial charge in [-0.1, -0.05) is 66.7 Å². The van der Waals surface area contributed by atoms with Gasteiger partial charge in [-0.3, -0.25) is 0 Å². The Labute approximate surface area is 150 Å². The number of hydrogen-bond donors (Lipinski definition) is 0. The van der Waals surface area contributed by atoms with Gasteiger partial charge in [0.2, 0.25) is 0 Å². The van der Waals surface area contributed by atoms with Crippen LogP contribution in [0, 0.1) is 0 Å². The van der Waals surface area contributed by atoms with Crippen molar-refractivity contribution < 1.29 is 9.53 Å². The number of hydrogen-bond acceptors (Lipinski definition) is 3. The molecule has 1 aliphatic heterocycles. The Morgan fingerprint density at radius 1 is 0.769 bits per heavy atom. The van der Waals surface area contributed by atoms with Crippen LogP contribution in [0.1, 0.15) is 16.1 Å². The Morgan fingerprint density at radius 3 is 2.19 bits per heavy atom. The summed E-state index contributed by atoms with van der Waals surface area (Å²) in [4.78, 5) is 16.7. The molecule has 0 bridgehead atoms. The van der Waals surface area contributed by atoms with Crippen molar-refractivity contribution in [3.05, 3.63) is 90.1 Å². The molecule has 26 heavy (non-hydrogen) atoms. The number of carbonyl (C=O) groups excluding carboxylic acids is 1. The summed E-state index contributed by atoms with van der Waals surface area (Å²) in [6.45, 7) is 0.275. The molecule has 4 aromatic rings. The van der Waals surface area contributed by atoms with Gasteiger partial charge in [0.15, 0.2) is 5.69 Å². The summed E-state index contributed by atoms with van der Waals surface area (Å²) in [7, 11) is 0. The molecule has 3 nitrogen and oxygen atoms in total. The lowest BCUT2D eigenvalue weighted by Crippen LogP contribution is -2.00. The number of nitrogens with zero attached hydrogens (tertiary/aromatic N) is 1. The number of benzene rings is 3. The van der Waals surface area contributed by atoms with E-state index in [4.69, 9.17) is 4.74 Å². The van der Waals surface area contributed by atoms with Gasteiger partial charge < -0.3 is 4.74 Å². The van der Waals surface area contributed by atoms with E-state index >= 15 is 0 Å². The summed E-state index contributed by atoms with van der Waals surface area (Å²) in [6, 6.07) is 26.6. The van der Waals surface area contributed by atoms with Gasteiger partial charge in [0.1, 0.15) is 6.61 Å². The molecule has 0 saturated heterocycles. The van der Waals surface area contributed by atoms with Crippen LogP contribution < -0.4 is 0 Å². The summed E-state index contributed by atoms with van der Waals surface area (Å²) in [5.41, 5.74) is 6.50. The maximum Gasteiger partial charge on any atom is 0.357 e. The molecule has 0 atom stereocenters. The van der Waals surface area contributed by atoms with Gasteiger partial charge >= 0.3 is 5.97 Å². The number of cyclic esters (lactones) is 1. The fraction of sp³-hybridized carbons (Fsp3) is 0.0435. The number of ether oxygens (including phenoxy) is 1. The number of esters is 1. The average molecular weight is 337 g/mol. The molecule has 0 spiro atoms. The molecule has 0 N–H and O–H groups in total. The Kier molecular flexibility index (Phi) is 3.32. The topological polar surface area (TPSA) is 39.2 Å². The molecule has 124 valence electrons. The van der Waals surface area contributed by atoms with E-state index in [-0.39, 0.29) is 12.6 Å². The van der Waals surface area contributed by atoms with Crippen LogP contribution in [0.15, 0.2) is 78.9 Å². The molecule has 0 saturated carbocycles. The van der Waals surface area contributed by atoms with Crippen LogP contribution in [-0.4, -0.2) is 11.0 Å². The zero-order chi connectivity index (χ0) is 17.5. The van der Waals surface area contributed by atoms with Crippen LogP contribution in [0.25, 0.3) is 33.2 Å². The van der Waals surface area contributed by atoms with E-state index in [1.807, 2.05) is 48.5 Å². The van der Waals surface area contributed by atoms with Crippen LogP contribution in [0.2, 0.25) is 0 Å². The quantitative estimate of drug-likeness (QED) is 0.470. The van der Waals surface area contributed by atoms with Gasteiger partial charge in [-0.05, 0) is 28.8 Å². The van der Waals surface area contributed by atoms with Crippen molar-refractivity contribution in [2.24, 2.45) is 0 Å². The van der Waals surface area contributed by atoms with Gasteiger partial charge in [-0.15, -0.1) is 0 Å². The minimum atomic E-state index is -0.341. The lowest BCUT2D eigenvalue weighted by molar-refractivity contribution is 0.0531. The zero-order valence-electron chi connectivity index (χ0n) is 14.0. The standard InChI is InChI=1S/C23H15NO2/c25-23-22-19(14-26-23)21(16-9-5-2-6-10-16)18-13-17(11-12-20(18)24-22)15-7-3-1-4-8-15/h1-13H,14H2. The Bertz CT molecular complexity index is 1140. The van der Waals surface area contributed by atoms with Crippen molar-refractivity contribution in [3.63, 3.8) is 0 Å². The molecule has 0 unspecified atom stereocenters. The monoisotopic (exact) mass is 337 g/mol. The molecule has 2 heterocycles. The second kappa shape index (κ2) is 5.81. The van der Waals surface area contributed by atoms with Crippen LogP contribution in [0.4, 0.5) is 0 Å². The molecule has 0 amide bonds. The van der Waals surface area contributed by atoms with Crippen LogP contribution in [-0.2, 0) is 11.3 Å². The smallest absolute Gasteiger partial charge is 0.357 e. The van der Waals surface area contributed by atoms with Gasteiger partial charge in [-0.25, -0.2) is 9.78 Å². The predicted molar refractivity (Wildman–Crippen MR) is 102 cm³/mol. The molecule has 0 aliphatic carbocycles. The molecule has 3 heteroatoms. The van der Waals surface area contributed by atoms with Crippen molar-refractivity contribution in [1.29, 1.82) is 0 Å². The van der Waals surface area contributed by atoms with E-state index in [2.05, 4.69) is 35.3 Å². The summed E-state index contributed by atoms with van der Waals surface area (Å²) in [5, 5.41) is 1.04. The fourth-order valence-corrected chi connectivity index (χ4v) is 3.56. The van der Waals surface area contributed by atoms with Crippen molar-refractivity contribution in [2.75, 3.05) is 0 Å². The molecule has 1 aromatic heterocycles. The first-order valence-corrected chi connectivity index (χ1v) is 8.56. The number of carbonyl (C=O) groups is 1. The Balaban J connectivity index is 1.85. The molecular weight excluding hydrogens is 322 g/mol. The van der Waals surface area contributed by atoms with Gasteiger partial charge in [0.25, 0.3) is 0 Å². The zero-order valence-corrected chi connectivity index (χ0v) is 14.0. The fourth-order valence-electron chi connectivity index (χ4n) is 3.56. The summed E-state index contributed by atoms with van der Waals surface area (Å²) in [5.74, 6) is -0.341. The highest BCUT2D eigenvalue weighted by Gasteiger charge is 2.28. The lowest BCUT2D eigenvalue weighted by Gasteiger charge is -2.12. The molecule has 1 aliphatic rings. The third-order valence-electron chi connectivity index (χ3n) is 4.80. The van der Waals surface area contributed by atoms with E-state index in [0.717, 1.165) is 38.7 Å². The first-order chi connectivity index (χ1) is 12.8. The summed E-state index contributed by atoms with van der Waals surface area (Å²) in [6.07, 6.45) is 0. The maximum absolute atomic E-state index is 12.1. The van der Waals surface area contributed by atoms with Crippen molar-refractivity contribution in [1.82, 2.24) is 4.98 Å². The van der Waals surface area contributed by atoms with Crippen LogP contribution in [0.5, 0.6) is 0 Å². The largest absolute Gasteiger partial charge is 0.456 e. The highest BCUT2D eigenvalue weighted by atomic mass is 16.5. The van der Waals surface area contributed by atoms with E-state index in [1.165, 1.54) is 0 Å². The molecule has 0 fully saturated rings. The molecule has 3 aromatic carbocycles. The van der Waals surface area contributed by atoms with Crippen LogP contribution in [0.3, 0.4) is 0 Å². The molecule has 5 rings (SSSR count). The molecular formula is C23H15NO2. The van der Waals surface area contributed by atoms with Gasteiger partial charge in [-0.2, -0.15) is 0 Å². The third kappa shape index (κ3) is 2.29. The number of pyridine rings is 1. The van der Waals surface area contributed by atoms with Crippen molar-refractivity contribution in [3.8, 4) is 22.3 Å². The maximum atomic E-state index is 12.1. The van der Waals surface area contributed by atoms with Crippen molar-refractivity contribution in [2.45, 2.75) is 6.61 Å². The van der Waals surface area contributed by atoms with E-state index in [9.17, 15) is 4.79 Å². The number of rotatable bonds is 2. The van der Waals surface area contributed by atoms with Gasteiger partial charge in [0.05, 0.1) is 5.52 Å². The Hall–Kier alpha value is -3.46. The van der Waals surface area contributed by atoms with E-state index in [0.29, 0.717) is 5.69 Å². The predicted octanol–water partition coefficient (Wildman–Crippen LogP) is 5.24. The lowest BCUT2D eigenvalue weighted by atomic mass is 9.93. The highest BCUT2D eigenvalue weighted by molar-refractivity contribution is 6.04. The second-order valence-corrected chi connectivity index (χ2v) is 6.35. The summed E-state index contributed by atoms with van der Waals surface area (Å²) >= 11 is 0. The highest BCUT2D eigenvalue weighted by Crippen LogP contribution is 2.38. The average Bonchev–Trinajstić information content (AvgIpc) is 3.07. The van der Waals surface area contributed by atoms with Crippen molar-refractivity contribution >= 4 is 16.9 Å². The first-order valence-electron chi connectivity index (χ1n) is 8.56. The minimum absolute atomic E-state index is 0.275. The normalized spacial score (nSPS) is 12.8. The summed E-state index contributed by atoms with van der Waals surface area (Å²) < 4.78 is 5.27. The van der Waals surface area contributed by atoms with E-state index < -0.39 is 0 Å².